The van der Waals surface area contributed by atoms with E-state index in [4.69, 9.17) is 0 Å². The molecule has 1 atom stereocenters. The molecule has 0 fully saturated rings. The zero-order valence-electron chi connectivity index (χ0n) is 12.5. The Kier molecular flexibility index (Phi) is 6.09. The first-order valence-electron chi connectivity index (χ1n) is 6.86. The summed E-state index contributed by atoms with van der Waals surface area (Å²) >= 11 is 2.96. The lowest BCUT2D eigenvalue weighted by atomic mass is 10.1. The smallest absolute Gasteiger partial charge is 0.404 e. The van der Waals surface area contributed by atoms with Crippen molar-refractivity contribution in [1.82, 2.24) is 4.72 Å². The van der Waals surface area contributed by atoms with Gasteiger partial charge in [0.05, 0.1) is 6.10 Å². The number of ether oxygens (including phenoxy) is 1. The van der Waals surface area contributed by atoms with E-state index in [9.17, 15) is 26.7 Å². The first-order valence-corrected chi connectivity index (χ1v) is 9.14. The van der Waals surface area contributed by atoms with Crippen LogP contribution in [0.5, 0.6) is 5.75 Å². The fraction of sp³-hybridized carbons (Fsp3) is 0.200. The number of rotatable bonds is 6. The summed E-state index contributed by atoms with van der Waals surface area (Å²) in [6.07, 6.45) is -6.20. The minimum atomic E-state index is -5.05. The van der Waals surface area contributed by atoms with E-state index < -0.39 is 39.7 Å². The van der Waals surface area contributed by atoms with Crippen molar-refractivity contribution in [3.05, 3.63) is 58.6 Å². The van der Waals surface area contributed by atoms with Crippen molar-refractivity contribution < 1.29 is 31.4 Å². The average molecular weight is 440 g/mol. The minimum Gasteiger partial charge on any atom is -0.404 e. The van der Waals surface area contributed by atoms with E-state index in [1.165, 1.54) is 6.07 Å². The van der Waals surface area contributed by atoms with Crippen LogP contribution in [-0.4, -0.2) is 26.4 Å². The Balaban J connectivity index is 2.22. The summed E-state index contributed by atoms with van der Waals surface area (Å²) in [6, 6.07) is 11.4. The molecular formula is C15H13BrF3NO4S. The van der Waals surface area contributed by atoms with E-state index >= 15 is 0 Å². The molecule has 5 nitrogen and oxygen atoms in total. The number of benzene rings is 2. The van der Waals surface area contributed by atoms with Gasteiger partial charge in [-0.25, -0.2) is 13.1 Å². The van der Waals surface area contributed by atoms with E-state index in [0.717, 1.165) is 12.1 Å². The van der Waals surface area contributed by atoms with Gasteiger partial charge in [0, 0.05) is 11.0 Å². The van der Waals surface area contributed by atoms with Gasteiger partial charge in [0.1, 0.15) is 4.90 Å². The highest BCUT2D eigenvalue weighted by Crippen LogP contribution is 2.32. The second-order valence-corrected chi connectivity index (χ2v) is 7.57. The van der Waals surface area contributed by atoms with Gasteiger partial charge in [-0.15, -0.1) is 13.2 Å². The zero-order chi connectivity index (χ0) is 18.7. The highest BCUT2D eigenvalue weighted by Gasteiger charge is 2.34. The highest BCUT2D eigenvalue weighted by molar-refractivity contribution is 9.10. The van der Waals surface area contributed by atoms with Gasteiger partial charge in [-0.05, 0) is 23.8 Å². The molecule has 0 aliphatic rings. The van der Waals surface area contributed by atoms with Crippen LogP contribution in [0.1, 0.15) is 11.7 Å². The van der Waals surface area contributed by atoms with E-state index in [1.54, 1.807) is 30.3 Å². The predicted molar refractivity (Wildman–Crippen MR) is 87.4 cm³/mol. The summed E-state index contributed by atoms with van der Waals surface area (Å²) in [5.74, 6) is -0.872. The van der Waals surface area contributed by atoms with Crippen LogP contribution < -0.4 is 9.46 Å². The van der Waals surface area contributed by atoms with E-state index in [0.29, 0.717) is 5.56 Å². The van der Waals surface area contributed by atoms with Crippen molar-refractivity contribution in [3.63, 3.8) is 0 Å². The van der Waals surface area contributed by atoms with Crippen LogP contribution in [0.4, 0.5) is 13.2 Å². The standard InChI is InChI=1S/C15H13BrF3NO4S/c16-11-6-7-14(13(8-11)24-15(17,18)19)25(22,23)20-9-12(21)10-4-2-1-3-5-10/h1-8,12,20-21H,9H2. The lowest BCUT2D eigenvalue weighted by Crippen LogP contribution is -2.29. The molecule has 0 saturated heterocycles. The molecule has 2 aromatic rings. The Hall–Kier alpha value is -1.62. The number of alkyl halides is 3. The molecule has 0 saturated carbocycles. The first kappa shape index (κ1) is 19.7. The van der Waals surface area contributed by atoms with Gasteiger partial charge in [0.2, 0.25) is 10.0 Å². The second kappa shape index (κ2) is 7.73. The van der Waals surface area contributed by atoms with Gasteiger partial charge in [0.15, 0.2) is 5.75 Å². The topological polar surface area (TPSA) is 75.6 Å². The molecule has 0 heterocycles. The normalized spacial score (nSPS) is 13.5. The van der Waals surface area contributed by atoms with Crippen molar-refractivity contribution >= 4 is 26.0 Å². The third-order valence-corrected chi connectivity index (χ3v) is 5.03. The molecule has 0 amide bonds. The molecule has 0 aromatic heterocycles. The third kappa shape index (κ3) is 5.70. The number of halogens is 4. The third-order valence-electron chi connectivity index (χ3n) is 3.07. The van der Waals surface area contributed by atoms with Crippen LogP contribution >= 0.6 is 15.9 Å². The van der Waals surface area contributed by atoms with Crippen LogP contribution in [-0.2, 0) is 10.0 Å². The highest BCUT2D eigenvalue weighted by atomic mass is 79.9. The Labute approximate surface area is 150 Å². The lowest BCUT2D eigenvalue weighted by molar-refractivity contribution is -0.275. The molecule has 0 aliphatic heterocycles. The maximum atomic E-state index is 12.5. The maximum Gasteiger partial charge on any atom is 0.573 e. The van der Waals surface area contributed by atoms with Gasteiger partial charge in [-0.2, -0.15) is 0 Å². The summed E-state index contributed by atoms with van der Waals surface area (Å²) in [7, 11) is -4.34. The van der Waals surface area contributed by atoms with Crippen molar-refractivity contribution in [2.75, 3.05) is 6.54 Å². The number of hydrogen-bond donors (Lipinski definition) is 2. The first-order chi connectivity index (χ1) is 11.6. The van der Waals surface area contributed by atoms with Gasteiger partial charge in [0.25, 0.3) is 0 Å². The molecule has 0 radical (unpaired) electrons. The Morgan fingerprint density at radius 3 is 2.40 bits per heavy atom. The van der Waals surface area contributed by atoms with Gasteiger partial charge in [-0.1, -0.05) is 46.3 Å². The molecule has 2 aromatic carbocycles. The Morgan fingerprint density at radius 1 is 1.16 bits per heavy atom. The number of aliphatic hydroxyl groups is 1. The Morgan fingerprint density at radius 2 is 1.80 bits per heavy atom. The summed E-state index contributed by atoms with van der Waals surface area (Å²) in [5, 5.41) is 9.98. The molecule has 1 unspecified atom stereocenters. The molecule has 0 aliphatic carbocycles. The van der Waals surface area contributed by atoms with Crippen LogP contribution in [0, 0.1) is 0 Å². The van der Waals surface area contributed by atoms with Crippen molar-refractivity contribution in [2.24, 2.45) is 0 Å². The van der Waals surface area contributed by atoms with Crippen LogP contribution in [0.3, 0.4) is 0 Å². The summed E-state index contributed by atoms with van der Waals surface area (Å²) in [4.78, 5) is -0.687. The molecule has 0 spiro atoms. The molecule has 2 N–H and O–H groups in total. The van der Waals surface area contributed by atoms with Crippen LogP contribution in [0.25, 0.3) is 0 Å². The quantitative estimate of drug-likeness (QED) is 0.723. The average Bonchev–Trinajstić information content (AvgIpc) is 2.52. The predicted octanol–water partition coefficient (Wildman–Crippen LogP) is 3.36. The number of hydrogen-bond acceptors (Lipinski definition) is 4. The zero-order valence-corrected chi connectivity index (χ0v) is 14.9. The molecule has 136 valence electrons. The van der Waals surface area contributed by atoms with E-state index in [2.05, 4.69) is 25.4 Å². The summed E-state index contributed by atoms with van der Waals surface area (Å²) in [6.45, 7) is -0.409. The fourth-order valence-corrected chi connectivity index (χ4v) is 3.45. The number of nitrogens with one attached hydrogen (secondary N) is 1. The van der Waals surface area contributed by atoms with E-state index in [1.807, 2.05) is 0 Å². The van der Waals surface area contributed by atoms with Crippen molar-refractivity contribution in [2.45, 2.75) is 17.4 Å². The van der Waals surface area contributed by atoms with Gasteiger partial charge >= 0.3 is 6.36 Å². The SMILES string of the molecule is O=S(=O)(NCC(O)c1ccccc1)c1ccc(Br)cc1OC(F)(F)F. The fourth-order valence-electron chi connectivity index (χ4n) is 1.97. The maximum absolute atomic E-state index is 12.5. The van der Waals surface area contributed by atoms with Gasteiger partial charge in [-0.3, -0.25) is 0 Å². The monoisotopic (exact) mass is 439 g/mol. The number of aliphatic hydroxyl groups excluding tert-OH is 1. The van der Waals surface area contributed by atoms with Crippen molar-refractivity contribution in [3.8, 4) is 5.75 Å². The molecule has 2 rings (SSSR count). The number of sulfonamides is 1. The molecule has 10 heteroatoms. The summed E-state index contributed by atoms with van der Waals surface area (Å²) in [5.41, 5.74) is 0.466. The molecular weight excluding hydrogens is 427 g/mol. The minimum absolute atomic E-state index is 0.218. The molecule has 25 heavy (non-hydrogen) atoms. The van der Waals surface area contributed by atoms with Crippen LogP contribution in [0.2, 0.25) is 0 Å². The van der Waals surface area contributed by atoms with Gasteiger partial charge < -0.3 is 9.84 Å². The largest absolute Gasteiger partial charge is 0.573 e. The lowest BCUT2D eigenvalue weighted by Gasteiger charge is -2.16. The molecule has 0 bridgehead atoms. The van der Waals surface area contributed by atoms with Crippen molar-refractivity contribution in [1.29, 1.82) is 0 Å². The Bertz CT molecular complexity index is 828. The van der Waals surface area contributed by atoms with Crippen LogP contribution in [0.15, 0.2) is 57.9 Å². The van der Waals surface area contributed by atoms with E-state index in [-0.39, 0.29) is 4.47 Å². The summed E-state index contributed by atoms with van der Waals surface area (Å²) < 4.78 is 68.1. The second-order valence-electron chi connectivity index (χ2n) is 4.92.